The van der Waals surface area contributed by atoms with Crippen molar-refractivity contribution in [1.82, 2.24) is 14.7 Å². The molecule has 4 nitrogen and oxygen atoms in total. The molecule has 18 heavy (non-hydrogen) atoms. The van der Waals surface area contributed by atoms with E-state index >= 15 is 0 Å². The van der Waals surface area contributed by atoms with Gasteiger partial charge in [0.15, 0.2) is 0 Å². The van der Waals surface area contributed by atoms with E-state index in [9.17, 15) is 4.79 Å². The van der Waals surface area contributed by atoms with Gasteiger partial charge in [-0.1, -0.05) is 13.0 Å². The van der Waals surface area contributed by atoms with E-state index in [1.165, 1.54) is 5.56 Å². The van der Waals surface area contributed by atoms with Gasteiger partial charge in [0.25, 0.3) is 0 Å². The molecule has 0 spiro atoms. The minimum Gasteiger partial charge on any atom is -0.356 e. The first kappa shape index (κ1) is 12.6. The van der Waals surface area contributed by atoms with E-state index in [1.807, 2.05) is 29.8 Å². The van der Waals surface area contributed by atoms with Gasteiger partial charge in [-0.25, -0.2) is 4.98 Å². The predicted octanol–water partition coefficient (Wildman–Crippen LogP) is 2.10. The smallest absolute Gasteiger partial charge is 0.219 e. The topological polar surface area (TPSA) is 46.4 Å². The molecule has 0 atom stereocenters. The van der Waals surface area contributed by atoms with E-state index in [4.69, 9.17) is 0 Å². The normalized spacial score (nSPS) is 10.8. The molecule has 2 rings (SSSR count). The summed E-state index contributed by atoms with van der Waals surface area (Å²) in [7, 11) is 0. The summed E-state index contributed by atoms with van der Waals surface area (Å²) >= 11 is 0. The van der Waals surface area contributed by atoms with Crippen molar-refractivity contribution >= 4 is 11.6 Å². The van der Waals surface area contributed by atoms with Gasteiger partial charge in [0.2, 0.25) is 5.91 Å². The van der Waals surface area contributed by atoms with E-state index in [2.05, 4.69) is 23.3 Å². The van der Waals surface area contributed by atoms with Gasteiger partial charge in [-0.05, 0) is 25.0 Å². The van der Waals surface area contributed by atoms with E-state index < -0.39 is 0 Å². The van der Waals surface area contributed by atoms with Crippen molar-refractivity contribution in [2.75, 3.05) is 6.54 Å². The maximum atomic E-state index is 11.3. The fourth-order valence-electron chi connectivity index (χ4n) is 1.97. The first-order valence-corrected chi connectivity index (χ1v) is 6.40. The zero-order valence-corrected chi connectivity index (χ0v) is 10.9. The highest BCUT2D eigenvalue weighted by atomic mass is 16.1. The molecule has 1 N–H and O–H groups in total. The maximum Gasteiger partial charge on any atom is 0.219 e. The minimum absolute atomic E-state index is 0.123. The quantitative estimate of drug-likeness (QED) is 0.877. The van der Waals surface area contributed by atoms with Crippen LogP contribution in [0.1, 0.15) is 31.0 Å². The molecule has 0 unspecified atom stereocenters. The van der Waals surface area contributed by atoms with Crippen molar-refractivity contribution in [2.45, 2.75) is 33.1 Å². The van der Waals surface area contributed by atoms with Crippen molar-refractivity contribution in [3.05, 3.63) is 35.8 Å². The van der Waals surface area contributed by atoms with Crippen LogP contribution in [-0.2, 0) is 11.2 Å². The summed E-state index contributed by atoms with van der Waals surface area (Å²) in [4.78, 5) is 15.9. The first-order chi connectivity index (χ1) is 8.70. The Morgan fingerprint density at radius 2 is 2.33 bits per heavy atom. The summed E-state index contributed by atoms with van der Waals surface area (Å²) in [6.07, 6.45) is 6.28. The largest absolute Gasteiger partial charge is 0.356 e. The van der Waals surface area contributed by atoms with Gasteiger partial charge < -0.3 is 9.72 Å². The Morgan fingerprint density at radius 3 is 3.06 bits per heavy atom. The van der Waals surface area contributed by atoms with Gasteiger partial charge in [-0.15, -0.1) is 0 Å². The average molecular weight is 245 g/mol. The second kappa shape index (κ2) is 5.67. The standard InChI is InChI=1S/C14H19N3O/c1-3-5-13(18)15-8-7-12-10-17-9-4-6-11(2)14(17)16-12/h4,6,9-10H,3,5,7-8H2,1-2H3,(H,15,18). The second-order valence-electron chi connectivity index (χ2n) is 4.50. The number of rotatable bonds is 5. The molecule has 0 aromatic carbocycles. The maximum absolute atomic E-state index is 11.3. The van der Waals surface area contributed by atoms with Crippen LogP contribution in [0.5, 0.6) is 0 Å². The Hall–Kier alpha value is -1.84. The Labute approximate surface area is 107 Å². The molecule has 2 heterocycles. The number of nitrogens with one attached hydrogen (secondary N) is 1. The van der Waals surface area contributed by atoms with E-state index in [-0.39, 0.29) is 5.91 Å². The second-order valence-corrected chi connectivity index (χ2v) is 4.50. The number of amides is 1. The molecule has 2 aromatic rings. The van der Waals surface area contributed by atoms with Crippen molar-refractivity contribution in [2.24, 2.45) is 0 Å². The van der Waals surface area contributed by atoms with Crippen molar-refractivity contribution < 1.29 is 4.79 Å². The van der Waals surface area contributed by atoms with E-state index in [1.54, 1.807) is 0 Å². The number of aromatic nitrogens is 2. The van der Waals surface area contributed by atoms with Gasteiger partial charge in [-0.2, -0.15) is 0 Å². The molecule has 0 radical (unpaired) electrons. The van der Waals surface area contributed by atoms with E-state index in [0.717, 1.165) is 24.2 Å². The molecule has 1 amide bonds. The van der Waals surface area contributed by atoms with Gasteiger partial charge in [0, 0.05) is 31.8 Å². The Morgan fingerprint density at radius 1 is 1.50 bits per heavy atom. The lowest BCUT2D eigenvalue weighted by atomic mass is 10.3. The summed E-state index contributed by atoms with van der Waals surface area (Å²) in [6, 6.07) is 4.06. The molecular formula is C14H19N3O. The highest BCUT2D eigenvalue weighted by Gasteiger charge is 2.04. The van der Waals surface area contributed by atoms with Crippen LogP contribution in [-0.4, -0.2) is 21.8 Å². The average Bonchev–Trinajstić information content (AvgIpc) is 2.74. The fraction of sp³-hybridized carbons (Fsp3) is 0.429. The summed E-state index contributed by atoms with van der Waals surface area (Å²) in [6.45, 7) is 4.71. The number of imidazole rings is 1. The summed E-state index contributed by atoms with van der Waals surface area (Å²) in [5.41, 5.74) is 3.17. The van der Waals surface area contributed by atoms with E-state index in [0.29, 0.717) is 13.0 Å². The summed E-state index contributed by atoms with van der Waals surface area (Å²) in [5.74, 6) is 0.123. The number of hydrogen-bond acceptors (Lipinski definition) is 2. The van der Waals surface area contributed by atoms with Crippen LogP contribution in [0, 0.1) is 6.92 Å². The molecule has 2 aromatic heterocycles. The molecule has 0 bridgehead atoms. The SMILES string of the molecule is CCCC(=O)NCCc1cn2cccc(C)c2n1. The highest BCUT2D eigenvalue weighted by molar-refractivity contribution is 5.75. The lowest BCUT2D eigenvalue weighted by Gasteiger charge is -2.01. The molecular weight excluding hydrogens is 226 g/mol. The van der Waals surface area contributed by atoms with Crippen LogP contribution in [0.2, 0.25) is 0 Å². The van der Waals surface area contributed by atoms with Crippen molar-refractivity contribution in [3.8, 4) is 0 Å². The monoisotopic (exact) mass is 245 g/mol. The molecule has 0 saturated carbocycles. The van der Waals surface area contributed by atoms with Crippen molar-refractivity contribution in [3.63, 3.8) is 0 Å². The number of pyridine rings is 1. The Bertz CT molecular complexity index is 545. The zero-order chi connectivity index (χ0) is 13.0. The van der Waals surface area contributed by atoms with Crippen LogP contribution in [0.3, 0.4) is 0 Å². The zero-order valence-electron chi connectivity index (χ0n) is 10.9. The number of nitrogens with zero attached hydrogens (tertiary/aromatic N) is 2. The van der Waals surface area contributed by atoms with Gasteiger partial charge in [-0.3, -0.25) is 4.79 Å². The highest BCUT2D eigenvalue weighted by Crippen LogP contribution is 2.09. The lowest BCUT2D eigenvalue weighted by Crippen LogP contribution is -2.25. The van der Waals surface area contributed by atoms with Crippen LogP contribution < -0.4 is 5.32 Å². The number of carbonyl (C=O) groups is 1. The van der Waals surface area contributed by atoms with Crippen molar-refractivity contribution in [1.29, 1.82) is 0 Å². The fourth-order valence-corrected chi connectivity index (χ4v) is 1.97. The number of fused-ring (bicyclic) bond motifs is 1. The molecule has 0 fully saturated rings. The number of hydrogen-bond donors (Lipinski definition) is 1. The molecule has 0 aliphatic heterocycles. The molecule has 96 valence electrons. The van der Waals surface area contributed by atoms with Crippen LogP contribution in [0.15, 0.2) is 24.5 Å². The summed E-state index contributed by atoms with van der Waals surface area (Å²) in [5, 5.41) is 2.90. The predicted molar refractivity (Wildman–Crippen MR) is 71.6 cm³/mol. The van der Waals surface area contributed by atoms with Crippen LogP contribution >= 0.6 is 0 Å². The number of aryl methyl sites for hydroxylation is 1. The van der Waals surface area contributed by atoms with Crippen LogP contribution in [0.4, 0.5) is 0 Å². The van der Waals surface area contributed by atoms with Gasteiger partial charge >= 0.3 is 0 Å². The third-order valence-corrected chi connectivity index (χ3v) is 2.91. The first-order valence-electron chi connectivity index (χ1n) is 6.40. The molecule has 0 aliphatic rings. The molecule has 0 aliphatic carbocycles. The van der Waals surface area contributed by atoms with Crippen LogP contribution in [0.25, 0.3) is 5.65 Å². The summed E-state index contributed by atoms with van der Waals surface area (Å²) < 4.78 is 2.03. The third-order valence-electron chi connectivity index (χ3n) is 2.91. The Balaban J connectivity index is 1.96. The number of carbonyl (C=O) groups excluding carboxylic acids is 1. The minimum atomic E-state index is 0.123. The molecule has 0 saturated heterocycles. The molecule has 4 heteroatoms. The lowest BCUT2D eigenvalue weighted by molar-refractivity contribution is -0.121. The third kappa shape index (κ3) is 2.88. The Kier molecular flexibility index (Phi) is 3.97. The van der Waals surface area contributed by atoms with Gasteiger partial charge in [0.05, 0.1) is 5.69 Å². The van der Waals surface area contributed by atoms with Gasteiger partial charge in [0.1, 0.15) is 5.65 Å².